The molecule has 1 spiro atoms. The normalized spacial score (nSPS) is 36.5. The van der Waals surface area contributed by atoms with Crippen molar-refractivity contribution in [3.63, 3.8) is 0 Å². The number of rotatable bonds is 2. The fourth-order valence-electron chi connectivity index (χ4n) is 2.85. The van der Waals surface area contributed by atoms with Crippen LogP contribution in [0.1, 0.15) is 12.8 Å². The Labute approximate surface area is 80.3 Å². The number of aliphatic hydroxyl groups excluding tert-OH is 1. The van der Waals surface area contributed by atoms with Gasteiger partial charge in [0.1, 0.15) is 0 Å². The Balaban J connectivity index is 1.89. The van der Waals surface area contributed by atoms with Crippen LogP contribution in [0.5, 0.6) is 0 Å². The van der Waals surface area contributed by atoms with Crippen LogP contribution in [-0.4, -0.2) is 61.3 Å². The summed E-state index contributed by atoms with van der Waals surface area (Å²) in [6.07, 6.45) is 2.68. The van der Waals surface area contributed by atoms with Crippen molar-refractivity contribution in [2.75, 3.05) is 46.4 Å². The lowest BCUT2D eigenvalue weighted by molar-refractivity contribution is 0.200. The topological polar surface area (TPSA) is 26.7 Å². The van der Waals surface area contributed by atoms with Gasteiger partial charge in [-0.1, -0.05) is 0 Å². The van der Waals surface area contributed by atoms with Crippen LogP contribution in [-0.2, 0) is 0 Å². The molecule has 0 bridgehead atoms. The van der Waals surface area contributed by atoms with Crippen molar-refractivity contribution in [2.24, 2.45) is 5.41 Å². The SMILES string of the molecule is CN1CCC2(CCN(CCO)C2)C1. The van der Waals surface area contributed by atoms with E-state index in [1.807, 2.05) is 0 Å². The predicted octanol–water partition coefficient (Wildman–Crippen LogP) is 0.00630. The molecule has 0 aliphatic carbocycles. The molecule has 2 heterocycles. The highest BCUT2D eigenvalue weighted by atomic mass is 16.3. The third-order valence-electron chi connectivity index (χ3n) is 3.56. The first-order valence-electron chi connectivity index (χ1n) is 5.26. The summed E-state index contributed by atoms with van der Waals surface area (Å²) in [5.74, 6) is 0. The van der Waals surface area contributed by atoms with E-state index in [0.717, 1.165) is 6.54 Å². The van der Waals surface area contributed by atoms with E-state index in [9.17, 15) is 0 Å². The fraction of sp³-hybridized carbons (Fsp3) is 1.00. The fourth-order valence-corrected chi connectivity index (χ4v) is 2.85. The molecule has 76 valence electrons. The molecule has 0 amide bonds. The number of β-amino-alcohol motifs (C(OH)–C–C–N with tert-alkyl or cyclic N) is 1. The minimum Gasteiger partial charge on any atom is -0.395 e. The maximum atomic E-state index is 8.86. The Kier molecular flexibility index (Phi) is 2.58. The van der Waals surface area contributed by atoms with Crippen molar-refractivity contribution in [1.29, 1.82) is 0 Å². The van der Waals surface area contributed by atoms with E-state index in [0.29, 0.717) is 12.0 Å². The van der Waals surface area contributed by atoms with Crippen LogP contribution in [0.4, 0.5) is 0 Å². The summed E-state index contributed by atoms with van der Waals surface area (Å²) < 4.78 is 0. The maximum Gasteiger partial charge on any atom is 0.0558 e. The van der Waals surface area contributed by atoms with Gasteiger partial charge in [0.2, 0.25) is 0 Å². The highest BCUT2D eigenvalue weighted by molar-refractivity contribution is 4.95. The summed E-state index contributed by atoms with van der Waals surface area (Å²) in [6, 6.07) is 0. The van der Waals surface area contributed by atoms with E-state index in [-0.39, 0.29) is 0 Å². The van der Waals surface area contributed by atoms with Crippen LogP contribution >= 0.6 is 0 Å². The molecule has 3 heteroatoms. The third kappa shape index (κ3) is 1.87. The Morgan fingerprint density at radius 2 is 2.00 bits per heavy atom. The second kappa shape index (κ2) is 3.56. The highest BCUT2D eigenvalue weighted by Crippen LogP contribution is 2.38. The van der Waals surface area contributed by atoms with Crippen LogP contribution in [0.25, 0.3) is 0 Å². The molecule has 0 saturated carbocycles. The van der Waals surface area contributed by atoms with Crippen LogP contribution in [0, 0.1) is 5.41 Å². The Morgan fingerprint density at radius 3 is 2.62 bits per heavy atom. The number of hydrogen-bond acceptors (Lipinski definition) is 3. The lowest BCUT2D eigenvalue weighted by Crippen LogP contribution is -2.31. The van der Waals surface area contributed by atoms with Crippen molar-refractivity contribution in [1.82, 2.24) is 9.80 Å². The molecule has 3 nitrogen and oxygen atoms in total. The second-order valence-electron chi connectivity index (χ2n) is 4.74. The smallest absolute Gasteiger partial charge is 0.0558 e. The summed E-state index contributed by atoms with van der Waals surface area (Å²) >= 11 is 0. The maximum absolute atomic E-state index is 8.86. The van der Waals surface area contributed by atoms with E-state index < -0.39 is 0 Å². The van der Waals surface area contributed by atoms with Gasteiger partial charge in [0, 0.05) is 19.6 Å². The molecule has 1 atom stereocenters. The van der Waals surface area contributed by atoms with Gasteiger partial charge < -0.3 is 14.9 Å². The molecular formula is C10H20N2O. The molecule has 2 saturated heterocycles. The largest absolute Gasteiger partial charge is 0.395 e. The predicted molar refractivity (Wildman–Crippen MR) is 52.7 cm³/mol. The molecule has 0 aromatic heterocycles. The summed E-state index contributed by atoms with van der Waals surface area (Å²) in [4.78, 5) is 4.83. The van der Waals surface area contributed by atoms with E-state index in [1.165, 1.54) is 39.0 Å². The molecule has 1 N–H and O–H groups in total. The van der Waals surface area contributed by atoms with Gasteiger partial charge in [-0.2, -0.15) is 0 Å². The Morgan fingerprint density at radius 1 is 1.23 bits per heavy atom. The van der Waals surface area contributed by atoms with Gasteiger partial charge in [-0.05, 0) is 38.4 Å². The van der Waals surface area contributed by atoms with Crippen LogP contribution in [0.15, 0.2) is 0 Å². The van der Waals surface area contributed by atoms with Crippen molar-refractivity contribution < 1.29 is 5.11 Å². The molecule has 2 aliphatic heterocycles. The summed E-state index contributed by atoms with van der Waals surface area (Å²) in [6.45, 7) is 6.09. The van der Waals surface area contributed by atoms with Gasteiger partial charge in [-0.3, -0.25) is 0 Å². The first-order valence-corrected chi connectivity index (χ1v) is 5.26. The van der Waals surface area contributed by atoms with Gasteiger partial charge in [-0.15, -0.1) is 0 Å². The van der Waals surface area contributed by atoms with E-state index >= 15 is 0 Å². The quantitative estimate of drug-likeness (QED) is 0.655. The molecule has 13 heavy (non-hydrogen) atoms. The molecular weight excluding hydrogens is 164 g/mol. The molecule has 2 rings (SSSR count). The van der Waals surface area contributed by atoms with E-state index in [1.54, 1.807) is 0 Å². The standard InChI is InChI=1S/C10H20N2O/c1-11-4-2-10(8-11)3-5-12(9-10)6-7-13/h13H,2-9H2,1H3. The number of nitrogens with zero attached hydrogens (tertiary/aromatic N) is 2. The minimum absolute atomic E-state index is 0.311. The Bertz CT molecular complexity index is 186. The van der Waals surface area contributed by atoms with Gasteiger partial charge in [0.25, 0.3) is 0 Å². The highest BCUT2D eigenvalue weighted by Gasteiger charge is 2.41. The zero-order valence-corrected chi connectivity index (χ0v) is 8.50. The molecule has 0 aromatic rings. The second-order valence-corrected chi connectivity index (χ2v) is 4.74. The summed E-state index contributed by atoms with van der Waals surface area (Å²) in [5.41, 5.74) is 0.573. The number of hydrogen-bond donors (Lipinski definition) is 1. The van der Waals surface area contributed by atoms with Crippen molar-refractivity contribution >= 4 is 0 Å². The summed E-state index contributed by atoms with van der Waals surface area (Å²) in [5, 5.41) is 8.86. The van der Waals surface area contributed by atoms with E-state index in [2.05, 4.69) is 16.8 Å². The third-order valence-corrected chi connectivity index (χ3v) is 3.56. The first-order chi connectivity index (χ1) is 6.24. The lowest BCUT2D eigenvalue weighted by Gasteiger charge is -2.23. The average molecular weight is 184 g/mol. The molecule has 2 fully saturated rings. The zero-order chi connectivity index (χ0) is 9.31. The lowest BCUT2D eigenvalue weighted by atomic mass is 9.86. The van der Waals surface area contributed by atoms with E-state index in [4.69, 9.17) is 5.11 Å². The molecule has 2 aliphatic rings. The van der Waals surface area contributed by atoms with Crippen molar-refractivity contribution in [3.05, 3.63) is 0 Å². The number of aliphatic hydroxyl groups is 1. The van der Waals surface area contributed by atoms with Crippen molar-refractivity contribution in [2.45, 2.75) is 12.8 Å². The van der Waals surface area contributed by atoms with Crippen LogP contribution in [0.3, 0.4) is 0 Å². The number of likely N-dealkylation sites (tertiary alicyclic amines) is 2. The Hall–Kier alpha value is -0.120. The molecule has 1 unspecified atom stereocenters. The minimum atomic E-state index is 0.311. The zero-order valence-electron chi connectivity index (χ0n) is 8.50. The average Bonchev–Trinajstić information content (AvgIpc) is 2.62. The van der Waals surface area contributed by atoms with Gasteiger partial charge in [0.15, 0.2) is 0 Å². The van der Waals surface area contributed by atoms with Gasteiger partial charge in [0.05, 0.1) is 6.61 Å². The first kappa shape index (κ1) is 9.44. The van der Waals surface area contributed by atoms with Crippen molar-refractivity contribution in [3.8, 4) is 0 Å². The summed E-state index contributed by atoms with van der Waals surface area (Å²) in [7, 11) is 2.21. The molecule has 0 radical (unpaired) electrons. The van der Waals surface area contributed by atoms with Crippen LogP contribution in [0.2, 0.25) is 0 Å². The van der Waals surface area contributed by atoms with Gasteiger partial charge >= 0.3 is 0 Å². The van der Waals surface area contributed by atoms with Gasteiger partial charge in [-0.25, -0.2) is 0 Å². The molecule has 0 aromatic carbocycles. The monoisotopic (exact) mass is 184 g/mol. The van der Waals surface area contributed by atoms with Crippen LogP contribution < -0.4 is 0 Å².